The Labute approximate surface area is 142 Å². The standard InChI is InChI=1S/C16H16ClF2N3O2/c1-9-4-5-21(8-14(9)23)13-7-20-22(16(24)15(13)17)12-3-2-10(18)6-11(12)19/h2-3,6-7,9,14,23H,4-5,8H2,1H3. The molecule has 8 heteroatoms. The third kappa shape index (κ3) is 3.01. The van der Waals surface area contributed by atoms with Crippen LogP contribution in [0.5, 0.6) is 0 Å². The summed E-state index contributed by atoms with van der Waals surface area (Å²) in [5, 5.41) is 13.8. The zero-order chi connectivity index (χ0) is 17.4. The molecule has 24 heavy (non-hydrogen) atoms. The average molecular weight is 356 g/mol. The summed E-state index contributed by atoms with van der Waals surface area (Å²) in [6, 6.07) is 2.84. The van der Waals surface area contributed by atoms with Crippen LogP contribution in [0.25, 0.3) is 5.69 Å². The summed E-state index contributed by atoms with van der Waals surface area (Å²) in [4.78, 5) is 14.2. The molecule has 128 valence electrons. The maximum Gasteiger partial charge on any atom is 0.292 e. The van der Waals surface area contributed by atoms with Crippen molar-refractivity contribution < 1.29 is 13.9 Å². The molecule has 2 atom stereocenters. The molecule has 0 aliphatic carbocycles. The van der Waals surface area contributed by atoms with Crippen molar-refractivity contribution in [3.63, 3.8) is 0 Å². The Balaban J connectivity index is 1.99. The van der Waals surface area contributed by atoms with Crippen molar-refractivity contribution in [2.75, 3.05) is 18.0 Å². The minimum atomic E-state index is -0.907. The molecule has 1 fully saturated rings. The Morgan fingerprint density at radius 2 is 2.08 bits per heavy atom. The first-order valence-electron chi connectivity index (χ1n) is 7.54. The molecule has 1 saturated heterocycles. The second kappa shape index (κ2) is 6.49. The van der Waals surface area contributed by atoms with Crippen LogP contribution in [-0.4, -0.2) is 34.1 Å². The first kappa shape index (κ1) is 16.9. The van der Waals surface area contributed by atoms with Gasteiger partial charge < -0.3 is 10.0 Å². The Bertz CT molecular complexity index is 827. The number of piperidine rings is 1. The molecule has 1 aromatic heterocycles. The first-order valence-corrected chi connectivity index (χ1v) is 7.92. The van der Waals surface area contributed by atoms with E-state index in [1.165, 1.54) is 6.20 Å². The van der Waals surface area contributed by atoms with E-state index in [9.17, 15) is 18.7 Å². The van der Waals surface area contributed by atoms with Crippen molar-refractivity contribution in [3.8, 4) is 5.69 Å². The summed E-state index contributed by atoms with van der Waals surface area (Å²) in [5.74, 6) is -1.49. The minimum absolute atomic E-state index is 0.115. The molecule has 1 aromatic carbocycles. The van der Waals surface area contributed by atoms with E-state index in [2.05, 4.69) is 5.10 Å². The molecular weight excluding hydrogens is 340 g/mol. The van der Waals surface area contributed by atoms with Gasteiger partial charge in [-0.05, 0) is 24.5 Å². The number of hydrogen-bond acceptors (Lipinski definition) is 4. The molecule has 1 N–H and O–H groups in total. The van der Waals surface area contributed by atoms with Crippen LogP contribution in [0.4, 0.5) is 14.5 Å². The first-order chi connectivity index (χ1) is 11.4. The molecule has 3 rings (SSSR count). The van der Waals surface area contributed by atoms with Gasteiger partial charge in [-0.3, -0.25) is 4.79 Å². The summed E-state index contributed by atoms with van der Waals surface area (Å²) >= 11 is 6.16. The molecule has 0 amide bonds. The van der Waals surface area contributed by atoms with E-state index < -0.39 is 23.3 Å². The van der Waals surface area contributed by atoms with Gasteiger partial charge in [0.15, 0.2) is 5.82 Å². The number of anilines is 1. The lowest BCUT2D eigenvalue weighted by atomic mass is 9.96. The quantitative estimate of drug-likeness (QED) is 0.898. The fourth-order valence-corrected chi connectivity index (χ4v) is 2.99. The predicted molar refractivity (Wildman–Crippen MR) is 86.8 cm³/mol. The van der Waals surface area contributed by atoms with Gasteiger partial charge in [0.25, 0.3) is 5.56 Å². The highest BCUT2D eigenvalue weighted by Crippen LogP contribution is 2.27. The highest BCUT2D eigenvalue weighted by atomic mass is 35.5. The number of aromatic nitrogens is 2. The van der Waals surface area contributed by atoms with E-state index in [1.54, 1.807) is 4.90 Å². The monoisotopic (exact) mass is 355 g/mol. The Morgan fingerprint density at radius 3 is 2.75 bits per heavy atom. The van der Waals surface area contributed by atoms with Crippen molar-refractivity contribution in [1.29, 1.82) is 0 Å². The lowest BCUT2D eigenvalue weighted by Gasteiger charge is -2.35. The van der Waals surface area contributed by atoms with Crippen molar-refractivity contribution >= 4 is 17.3 Å². The molecule has 2 unspecified atom stereocenters. The fourth-order valence-electron chi connectivity index (χ4n) is 2.74. The van der Waals surface area contributed by atoms with Crippen LogP contribution in [0, 0.1) is 17.6 Å². The maximum atomic E-state index is 13.9. The number of benzene rings is 1. The summed E-state index contributed by atoms with van der Waals surface area (Å²) in [6.45, 7) is 2.93. The molecule has 0 spiro atoms. The predicted octanol–water partition coefficient (Wildman–Crippen LogP) is 2.37. The second-order valence-electron chi connectivity index (χ2n) is 5.94. The van der Waals surface area contributed by atoms with Crippen LogP contribution >= 0.6 is 11.6 Å². The van der Waals surface area contributed by atoms with Gasteiger partial charge in [0, 0.05) is 19.2 Å². The number of aliphatic hydroxyl groups excluding tert-OH is 1. The largest absolute Gasteiger partial charge is 0.391 e. The Morgan fingerprint density at radius 1 is 1.33 bits per heavy atom. The third-order valence-corrected chi connectivity index (χ3v) is 4.65. The Kier molecular flexibility index (Phi) is 4.56. The lowest BCUT2D eigenvalue weighted by Crippen LogP contribution is -2.43. The third-order valence-electron chi connectivity index (χ3n) is 4.30. The van der Waals surface area contributed by atoms with Gasteiger partial charge in [-0.1, -0.05) is 18.5 Å². The van der Waals surface area contributed by atoms with Gasteiger partial charge in [0.1, 0.15) is 16.5 Å². The van der Waals surface area contributed by atoms with E-state index in [-0.39, 0.29) is 16.6 Å². The SMILES string of the molecule is CC1CCN(c2cnn(-c3ccc(F)cc3F)c(=O)c2Cl)CC1O. The van der Waals surface area contributed by atoms with E-state index in [1.807, 2.05) is 6.92 Å². The van der Waals surface area contributed by atoms with E-state index in [0.29, 0.717) is 24.8 Å². The highest BCUT2D eigenvalue weighted by molar-refractivity contribution is 6.33. The molecule has 5 nitrogen and oxygen atoms in total. The number of halogens is 3. The van der Waals surface area contributed by atoms with E-state index >= 15 is 0 Å². The average Bonchev–Trinajstić information content (AvgIpc) is 2.54. The summed E-state index contributed by atoms with van der Waals surface area (Å²) in [5.41, 5.74) is -0.485. The van der Waals surface area contributed by atoms with Crippen LogP contribution < -0.4 is 10.5 Å². The summed E-state index contributed by atoms with van der Waals surface area (Å²) in [7, 11) is 0. The number of nitrogens with zero attached hydrogens (tertiary/aromatic N) is 3. The molecular formula is C16H16ClF2N3O2. The van der Waals surface area contributed by atoms with E-state index in [0.717, 1.165) is 23.2 Å². The van der Waals surface area contributed by atoms with Gasteiger partial charge >= 0.3 is 0 Å². The summed E-state index contributed by atoms with van der Waals surface area (Å²) in [6.07, 6.45) is 1.59. The topological polar surface area (TPSA) is 58.4 Å². The van der Waals surface area contributed by atoms with Crippen LogP contribution in [0.3, 0.4) is 0 Å². The Hall–Kier alpha value is -1.99. The van der Waals surface area contributed by atoms with Crippen LogP contribution in [0.2, 0.25) is 5.02 Å². The van der Waals surface area contributed by atoms with Crippen LogP contribution in [0.1, 0.15) is 13.3 Å². The van der Waals surface area contributed by atoms with Crippen molar-refractivity contribution in [2.24, 2.45) is 5.92 Å². The fraction of sp³-hybridized carbons (Fsp3) is 0.375. The van der Waals surface area contributed by atoms with Gasteiger partial charge in [-0.25, -0.2) is 8.78 Å². The number of aliphatic hydroxyl groups is 1. The zero-order valence-corrected chi connectivity index (χ0v) is 13.7. The number of β-amino-alcohol motifs (C(OH)–C–C–N with tert-alkyl or cyclic N) is 1. The van der Waals surface area contributed by atoms with Crippen molar-refractivity contribution in [1.82, 2.24) is 9.78 Å². The lowest BCUT2D eigenvalue weighted by molar-refractivity contribution is 0.103. The van der Waals surface area contributed by atoms with Gasteiger partial charge in [0.05, 0.1) is 18.0 Å². The zero-order valence-electron chi connectivity index (χ0n) is 12.9. The maximum absolute atomic E-state index is 13.9. The molecule has 2 aromatic rings. The number of rotatable bonds is 2. The second-order valence-corrected chi connectivity index (χ2v) is 6.31. The van der Waals surface area contributed by atoms with E-state index in [4.69, 9.17) is 11.6 Å². The smallest absolute Gasteiger partial charge is 0.292 e. The molecule has 1 aliphatic rings. The molecule has 2 heterocycles. The van der Waals surface area contributed by atoms with Gasteiger partial charge in [-0.15, -0.1) is 0 Å². The number of hydrogen-bond donors (Lipinski definition) is 1. The summed E-state index contributed by atoms with van der Waals surface area (Å²) < 4.78 is 27.7. The molecule has 0 bridgehead atoms. The highest BCUT2D eigenvalue weighted by Gasteiger charge is 2.27. The molecule has 1 aliphatic heterocycles. The molecule has 0 radical (unpaired) electrons. The van der Waals surface area contributed by atoms with Crippen LogP contribution in [-0.2, 0) is 0 Å². The van der Waals surface area contributed by atoms with Crippen LogP contribution in [0.15, 0.2) is 29.2 Å². The van der Waals surface area contributed by atoms with Crippen molar-refractivity contribution in [3.05, 3.63) is 51.4 Å². The normalized spacial score (nSPS) is 21.1. The van der Waals surface area contributed by atoms with Gasteiger partial charge in [0.2, 0.25) is 0 Å². The van der Waals surface area contributed by atoms with Gasteiger partial charge in [-0.2, -0.15) is 9.78 Å². The van der Waals surface area contributed by atoms with Crippen molar-refractivity contribution in [2.45, 2.75) is 19.4 Å². The minimum Gasteiger partial charge on any atom is -0.391 e. The molecule has 0 saturated carbocycles.